The fourth-order valence-electron chi connectivity index (χ4n) is 1.39. The minimum absolute atomic E-state index is 0.202. The summed E-state index contributed by atoms with van der Waals surface area (Å²) in [5, 5.41) is 0.202. The molecule has 18 heavy (non-hydrogen) atoms. The molecule has 0 atom stereocenters. The summed E-state index contributed by atoms with van der Waals surface area (Å²) < 4.78 is 7.92. The van der Waals surface area contributed by atoms with Gasteiger partial charge < -0.3 is 4.43 Å². The third-order valence-electron chi connectivity index (χ3n) is 3.51. The van der Waals surface area contributed by atoms with Gasteiger partial charge in [0.25, 0.3) is 0 Å². The molecule has 98 valence electrons. The largest absolute Gasteiger partial charge is 0.543 e. The number of hydrogen-bond acceptors (Lipinski definition) is 3. The van der Waals surface area contributed by atoms with Gasteiger partial charge in [0, 0.05) is 0 Å². The lowest BCUT2D eigenvalue weighted by Gasteiger charge is -2.36. The van der Waals surface area contributed by atoms with Crippen molar-refractivity contribution in [3.05, 3.63) is 22.7 Å². The molecule has 0 saturated heterocycles. The Labute approximate surface area is 118 Å². The van der Waals surface area contributed by atoms with Crippen molar-refractivity contribution in [3.63, 3.8) is 0 Å². The standard InChI is InChI=1S/C13H18ClNOSSi/c1-13(2,3)18(4,5)16-9-6-7-10-11(8-9)17-12(14)15-10/h6-8H,1-5H3. The predicted octanol–water partition coefficient (Wildman–Crippen LogP) is 5.33. The van der Waals surface area contributed by atoms with Crippen molar-refractivity contribution in [1.29, 1.82) is 0 Å². The van der Waals surface area contributed by atoms with Crippen LogP contribution in [0.2, 0.25) is 22.6 Å². The Bertz CT molecular complexity index is 574. The molecule has 0 fully saturated rings. The number of nitrogens with zero attached hydrogens (tertiary/aromatic N) is 1. The molecule has 2 rings (SSSR count). The molecule has 2 nitrogen and oxygen atoms in total. The molecule has 0 aliphatic heterocycles. The maximum atomic E-state index is 6.26. The van der Waals surface area contributed by atoms with Crippen molar-refractivity contribution < 1.29 is 4.43 Å². The molecule has 0 N–H and O–H groups in total. The van der Waals surface area contributed by atoms with Crippen molar-refractivity contribution in [2.24, 2.45) is 0 Å². The molecule has 0 aliphatic rings. The van der Waals surface area contributed by atoms with Crippen LogP contribution in [0.3, 0.4) is 0 Å². The van der Waals surface area contributed by atoms with Crippen LogP contribution in [-0.4, -0.2) is 13.3 Å². The fourth-order valence-corrected chi connectivity index (χ4v) is 3.47. The summed E-state index contributed by atoms with van der Waals surface area (Å²) in [6, 6.07) is 6.00. The van der Waals surface area contributed by atoms with Gasteiger partial charge in [-0.2, -0.15) is 0 Å². The van der Waals surface area contributed by atoms with Gasteiger partial charge in [-0.15, -0.1) is 11.3 Å². The molecule has 0 unspecified atom stereocenters. The minimum atomic E-state index is -1.78. The van der Waals surface area contributed by atoms with Crippen molar-refractivity contribution in [3.8, 4) is 5.75 Å². The lowest BCUT2D eigenvalue weighted by Crippen LogP contribution is -2.43. The van der Waals surface area contributed by atoms with Crippen molar-refractivity contribution in [2.75, 3.05) is 0 Å². The van der Waals surface area contributed by atoms with E-state index in [4.69, 9.17) is 16.0 Å². The highest BCUT2D eigenvalue weighted by Crippen LogP contribution is 2.38. The third kappa shape index (κ3) is 2.71. The average Bonchev–Trinajstić information content (AvgIpc) is 2.54. The smallest absolute Gasteiger partial charge is 0.250 e. The van der Waals surface area contributed by atoms with Gasteiger partial charge in [0.05, 0.1) is 10.2 Å². The summed E-state index contributed by atoms with van der Waals surface area (Å²) in [6.07, 6.45) is 0. The second-order valence-electron chi connectivity index (χ2n) is 5.96. The Morgan fingerprint density at radius 2 is 1.94 bits per heavy atom. The van der Waals surface area contributed by atoms with Crippen molar-refractivity contribution in [2.45, 2.75) is 38.9 Å². The molecule has 0 bridgehead atoms. The summed E-state index contributed by atoms with van der Waals surface area (Å²) in [5.41, 5.74) is 0.938. The van der Waals surface area contributed by atoms with E-state index in [-0.39, 0.29) is 5.04 Å². The second-order valence-corrected chi connectivity index (χ2v) is 12.3. The van der Waals surface area contributed by atoms with Crippen molar-refractivity contribution in [1.82, 2.24) is 4.98 Å². The Hall–Kier alpha value is -0.583. The molecule has 1 aromatic carbocycles. The second kappa shape index (κ2) is 4.51. The third-order valence-corrected chi connectivity index (χ3v) is 8.99. The van der Waals surface area contributed by atoms with Gasteiger partial charge in [-0.05, 0) is 36.3 Å². The minimum Gasteiger partial charge on any atom is -0.543 e. The monoisotopic (exact) mass is 299 g/mol. The summed E-state index contributed by atoms with van der Waals surface area (Å²) in [4.78, 5) is 4.24. The van der Waals surface area contributed by atoms with E-state index < -0.39 is 8.32 Å². The van der Waals surface area contributed by atoms with Gasteiger partial charge in [0.15, 0.2) is 4.47 Å². The average molecular weight is 300 g/mol. The number of aromatic nitrogens is 1. The van der Waals surface area contributed by atoms with E-state index in [0.717, 1.165) is 16.0 Å². The fraction of sp³-hybridized carbons (Fsp3) is 0.462. The molecule has 0 saturated carbocycles. The van der Waals surface area contributed by atoms with Crippen LogP contribution in [0.4, 0.5) is 0 Å². The zero-order chi connectivity index (χ0) is 13.6. The van der Waals surface area contributed by atoms with Crippen LogP contribution in [0.1, 0.15) is 20.8 Å². The highest BCUT2D eigenvalue weighted by atomic mass is 35.5. The molecule has 0 spiro atoms. The van der Waals surface area contributed by atoms with Gasteiger partial charge in [-0.3, -0.25) is 0 Å². The molecule has 2 aromatic rings. The van der Waals surface area contributed by atoms with Gasteiger partial charge in [-0.1, -0.05) is 32.4 Å². The van der Waals surface area contributed by atoms with Crippen LogP contribution >= 0.6 is 22.9 Å². The maximum Gasteiger partial charge on any atom is 0.250 e. The van der Waals surface area contributed by atoms with Crippen LogP contribution in [0.15, 0.2) is 18.2 Å². The lowest BCUT2D eigenvalue weighted by atomic mass is 10.2. The predicted molar refractivity (Wildman–Crippen MR) is 82.5 cm³/mol. The van der Waals surface area contributed by atoms with Gasteiger partial charge in [-0.25, -0.2) is 4.98 Å². The molecule has 5 heteroatoms. The number of halogens is 1. The van der Waals surface area contributed by atoms with E-state index >= 15 is 0 Å². The first kappa shape index (κ1) is 13.8. The number of fused-ring (bicyclic) bond motifs is 1. The first-order valence-corrected chi connectivity index (χ1v) is 10.0. The number of rotatable bonds is 2. The van der Waals surface area contributed by atoms with Crippen LogP contribution in [-0.2, 0) is 0 Å². The molecule has 0 amide bonds. The van der Waals surface area contributed by atoms with E-state index in [1.54, 1.807) is 0 Å². The van der Waals surface area contributed by atoms with Crippen LogP contribution < -0.4 is 4.43 Å². The Morgan fingerprint density at radius 1 is 1.28 bits per heavy atom. The number of thiazole rings is 1. The maximum absolute atomic E-state index is 6.26. The first-order chi connectivity index (χ1) is 8.19. The highest BCUT2D eigenvalue weighted by Gasteiger charge is 2.38. The van der Waals surface area contributed by atoms with E-state index in [2.05, 4.69) is 38.8 Å². The van der Waals surface area contributed by atoms with Gasteiger partial charge in [0.2, 0.25) is 8.32 Å². The van der Waals surface area contributed by atoms with Crippen LogP contribution in [0.5, 0.6) is 5.75 Å². The van der Waals surface area contributed by atoms with E-state index in [1.165, 1.54) is 11.3 Å². The van der Waals surface area contributed by atoms with E-state index in [9.17, 15) is 0 Å². The van der Waals surface area contributed by atoms with E-state index in [1.807, 2.05) is 18.2 Å². The molecule has 0 radical (unpaired) electrons. The summed E-state index contributed by atoms with van der Waals surface area (Å²) in [6.45, 7) is 11.2. The van der Waals surface area contributed by atoms with Gasteiger partial charge >= 0.3 is 0 Å². The number of hydrogen-bond donors (Lipinski definition) is 0. The summed E-state index contributed by atoms with van der Waals surface area (Å²) in [7, 11) is -1.78. The zero-order valence-electron chi connectivity index (χ0n) is 11.4. The molecule has 1 aromatic heterocycles. The summed E-state index contributed by atoms with van der Waals surface area (Å²) >= 11 is 7.41. The SMILES string of the molecule is CC(C)(C)[Si](C)(C)Oc1ccc2nc(Cl)sc2c1. The number of benzene rings is 1. The quantitative estimate of drug-likeness (QED) is 0.699. The Balaban J connectivity index is 2.32. The zero-order valence-corrected chi connectivity index (χ0v) is 13.9. The lowest BCUT2D eigenvalue weighted by molar-refractivity contribution is 0.493. The first-order valence-electron chi connectivity index (χ1n) is 5.94. The van der Waals surface area contributed by atoms with Crippen molar-refractivity contribution >= 4 is 41.5 Å². The van der Waals surface area contributed by atoms with Crippen LogP contribution in [0, 0.1) is 0 Å². The topological polar surface area (TPSA) is 22.1 Å². The molecule has 1 heterocycles. The normalized spacial score (nSPS) is 13.0. The highest BCUT2D eigenvalue weighted by molar-refractivity contribution is 7.22. The molecule has 0 aliphatic carbocycles. The summed E-state index contributed by atoms with van der Waals surface area (Å²) in [5.74, 6) is 0.925. The van der Waals surface area contributed by atoms with Gasteiger partial charge in [0.1, 0.15) is 5.75 Å². The van der Waals surface area contributed by atoms with E-state index in [0.29, 0.717) is 4.47 Å². The van der Waals surface area contributed by atoms with Crippen LogP contribution in [0.25, 0.3) is 10.2 Å². The molecular weight excluding hydrogens is 282 g/mol. The Morgan fingerprint density at radius 3 is 2.56 bits per heavy atom. The molecular formula is C13H18ClNOSSi. The Kier molecular flexibility index (Phi) is 3.47.